The Balaban J connectivity index is 2.23. The number of rotatable bonds is 1. The van der Waals surface area contributed by atoms with E-state index in [-0.39, 0.29) is 0 Å². The first-order chi connectivity index (χ1) is 5.18. The van der Waals surface area contributed by atoms with Gasteiger partial charge in [-0.1, -0.05) is 44.4 Å². The van der Waals surface area contributed by atoms with Gasteiger partial charge in [0.25, 0.3) is 0 Å². The number of fused-ring (bicyclic) bond motifs is 1. The Morgan fingerprint density at radius 3 is 2.82 bits per heavy atom. The van der Waals surface area contributed by atoms with Crippen molar-refractivity contribution >= 4 is 7.28 Å². The average Bonchev–Trinajstić information content (AvgIpc) is 2.55. The van der Waals surface area contributed by atoms with Crippen LogP contribution in [0.3, 0.4) is 0 Å². The summed E-state index contributed by atoms with van der Waals surface area (Å²) < 4.78 is 0. The molecule has 2 aliphatic rings. The van der Waals surface area contributed by atoms with Gasteiger partial charge in [0.05, 0.1) is 0 Å². The molecule has 2 aliphatic carbocycles. The first-order valence-electron chi connectivity index (χ1n) is 4.39. The van der Waals surface area contributed by atoms with Gasteiger partial charge in [0, 0.05) is 0 Å². The lowest BCUT2D eigenvalue weighted by Crippen LogP contribution is -2.00. The maximum atomic E-state index is 2.41. The second kappa shape index (κ2) is 2.03. The van der Waals surface area contributed by atoms with E-state index in [1.807, 2.05) is 0 Å². The van der Waals surface area contributed by atoms with E-state index in [2.05, 4.69) is 46.2 Å². The molecule has 0 bridgehead atoms. The molecule has 0 amide bonds. The van der Waals surface area contributed by atoms with Gasteiger partial charge < -0.3 is 0 Å². The van der Waals surface area contributed by atoms with Gasteiger partial charge in [0.1, 0.15) is 7.28 Å². The van der Waals surface area contributed by atoms with Crippen LogP contribution in [0.2, 0.25) is 6.82 Å². The van der Waals surface area contributed by atoms with Crippen molar-refractivity contribution in [3.05, 3.63) is 23.7 Å². The predicted octanol–water partition coefficient (Wildman–Crippen LogP) is 2.46. The third kappa shape index (κ3) is 0.833. The van der Waals surface area contributed by atoms with Gasteiger partial charge in [-0.2, -0.15) is 0 Å². The normalized spacial score (nSPS) is 46.3. The van der Waals surface area contributed by atoms with Crippen LogP contribution >= 0.6 is 0 Å². The molecule has 2 unspecified atom stereocenters. The standard InChI is InChI=1S/C10H14B/c1-7-9-6-8(11-3)4-5-10(7,9)2/h4-7,9H,1-3H3/t7-,9?,10?/m1/s1. The zero-order chi connectivity index (χ0) is 8.06. The number of hydrogen-bond donors (Lipinski definition) is 0. The molecule has 0 heterocycles. The fourth-order valence-corrected chi connectivity index (χ4v) is 2.11. The summed E-state index contributed by atoms with van der Waals surface area (Å²) in [5.74, 6) is 1.68. The molecule has 0 N–H and O–H groups in total. The van der Waals surface area contributed by atoms with E-state index in [0.717, 1.165) is 11.8 Å². The minimum atomic E-state index is 0.506. The minimum absolute atomic E-state index is 0.506. The average molecular weight is 145 g/mol. The molecule has 1 fully saturated rings. The van der Waals surface area contributed by atoms with Crippen LogP contribution in [0, 0.1) is 17.3 Å². The summed E-state index contributed by atoms with van der Waals surface area (Å²) in [6, 6.07) is 0. The number of hydrogen-bond acceptors (Lipinski definition) is 0. The topological polar surface area (TPSA) is 0 Å². The van der Waals surface area contributed by atoms with Crippen LogP contribution in [0.25, 0.3) is 0 Å². The molecular formula is C10H14B. The Labute approximate surface area is 69.6 Å². The molecule has 1 radical (unpaired) electrons. The summed E-state index contributed by atoms with van der Waals surface area (Å²) in [5.41, 5.74) is 1.91. The van der Waals surface area contributed by atoms with Crippen LogP contribution in [0.15, 0.2) is 23.7 Å². The third-order valence-electron chi connectivity index (χ3n) is 3.47. The molecule has 3 atom stereocenters. The molecule has 0 aromatic rings. The van der Waals surface area contributed by atoms with Crippen molar-refractivity contribution in [2.75, 3.05) is 0 Å². The van der Waals surface area contributed by atoms with E-state index in [1.54, 1.807) is 0 Å². The lowest BCUT2D eigenvalue weighted by molar-refractivity contribution is 0.647. The minimum Gasteiger partial charge on any atom is -0.0920 e. The molecule has 1 saturated carbocycles. The molecular weight excluding hydrogens is 131 g/mol. The van der Waals surface area contributed by atoms with Crippen LogP contribution in [-0.2, 0) is 0 Å². The van der Waals surface area contributed by atoms with E-state index in [9.17, 15) is 0 Å². The summed E-state index contributed by atoms with van der Waals surface area (Å²) in [5, 5.41) is 0. The zero-order valence-corrected chi connectivity index (χ0v) is 7.46. The highest BCUT2D eigenvalue weighted by molar-refractivity contribution is 6.44. The van der Waals surface area contributed by atoms with Gasteiger partial charge in [-0.3, -0.25) is 0 Å². The Morgan fingerprint density at radius 1 is 1.55 bits per heavy atom. The van der Waals surface area contributed by atoms with Crippen molar-refractivity contribution in [2.24, 2.45) is 17.3 Å². The van der Waals surface area contributed by atoms with Crippen LogP contribution in [0.1, 0.15) is 13.8 Å². The SMILES string of the molecule is C[B]C1=CC2[C@@H](C)C2(C)C=C1. The third-order valence-corrected chi connectivity index (χ3v) is 3.47. The van der Waals surface area contributed by atoms with Crippen molar-refractivity contribution in [1.82, 2.24) is 0 Å². The van der Waals surface area contributed by atoms with Gasteiger partial charge in [0.15, 0.2) is 0 Å². The van der Waals surface area contributed by atoms with Gasteiger partial charge in [-0.15, -0.1) is 0 Å². The molecule has 1 heteroatoms. The van der Waals surface area contributed by atoms with Crippen molar-refractivity contribution in [3.8, 4) is 0 Å². The summed E-state index contributed by atoms with van der Waals surface area (Å²) in [6.07, 6.45) is 7.03. The molecule has 0 saturated heterocycles. The molecule has 0 aromatic carbocycles. The van der Waals surface area contributed by atoms with Crippen molar-refractivity contribution in [3.63, 3.8) is 0 Å². The maximum Gasteiger partial charge on any atom is 0.147 e. The van der Waals surface area contributed by atoms with Crippen molar-refractivity contribution in [2.45, 2.75) is 20.7 Å². The Kier molecular flexibility index (Phi) is 1.33. The van der Waals surface area contributed by atoms with Crippen LogP contribution in [-0.4, -0.2) is 7.28 Å². The zero-order valence-electron chi connectivity index (χ0n) is 7.46. The molecule has 57 valence electrons. The number of allylic oxidation sites excluding steroid dienone is 4. The Morgan fingerprint density at radius 2 is 2.27 bits per heavy atom. The second-order valence-electron chi connectivity index (χ2n) is 3.97. The molecule has 0 aliphatic heterocycles. The lowest BCUT2D eigenvalue weighted by Gasteiger charge is -2.08. The molecule has 2 rings (SSSR count). The smallest absolute Gasteiger partial charge is 0.0920 e. The van der Waals surface area contributed by atoms with Crippen LogP contribution in [0.5, 0.6) is 0 Å². The van der Waals surface area contributed by atoms with E-state index in [1.165, 1.54) is 5.47 Å². The molecule has 0 aromatic heterocycles. The van der Waals surface area contributed by atoms with E-state index in [0.29, 0.717) is 5.41 Å². The van der Waals surface area contributed by atoms with Crippen molar-refractivity contribution in [1.29, 1.82) is 0 Å². The fourth-order valence-electron chi connectivity index (χ4n) is 2.11. The van der Waals surface area contributed by atoms with Crippen molar-refractivity contribution < 1.29 is 0 Å². The first kappa shape index (κ1) is 7.21. The highest BCUT2D eigenvalue weighted by atomic mass is 14.6. The van der Waals surface area contributed by atoms with Crippen LogP contribution in [0.4, 0.5) is 0 Å². The lowest BCUT2D eigenvalue weighted by atomic mass is 9.70. The van der Waals surface area contributed by atoms with Gasteiger partial charge in [0.2, 0.25) is 0 Å². The van der Waals surface area contributed by atoms with Gasteiger partial charge in [-0.25, -0.2) is 0 Å². The van der Waals surface area contributed by atoms with Crippen LogP contribution < -0.4 is 0 Å². The maximum absolute atomic E-state index is 2.41. The summed E-state index contributed by atoms with van der Waals surface area (Å²) in [7, 11) is 2.18. The summed E-state index contributed by atoms with van der Waals surface area (Å²) in [6.45, 7) is 6.79. The van der Waals surface area contributed by atoms with E-state index >= 15 is 0 Å². The highest BCUT2D eigenvalue weighted by Gasteiger charge is 2.55. The Hall–Kier alpha value is -0.455. The summed E-state index contributed by atoms with van der Waals surface area (Å²) >= 11 is 0. The van der Waals surface area contributed by atoms with E-state index in [4.69, 9.17) is 0 Å². The first-order valence-corrected chi connectivity index (χ1v) is 4.39. The molecule has 11 heavy (non-hydrogen) atoms. The fraction of sp³-hybridized carbons (Fsp3) is 0.600. The molecule has 0 spiro atoms. The molecule has 0 nitrogen and oxygen atoms in total. The second-order valence-corrected chi connectivity index (χ2v) is 3.97. The predicted molar refractivity (Wildman–Crippen MR) is 49.6 cm³/mol. The Bertz CT molecular complexity index is 239. The summed E-state index contributed by atoms with van der Waals surface area (Å²) in [4.78, 5) is 0. The van der Waals surface area contributed by atoms with Gasteiger partial charge in [-0.05, 0) is 17.3 Å². The van der Waals surface area contributed by atoms with E-state index < -0.39 is 0 Å². The largest absolute Gasteiger partial charge is 0.147 e. The highest BCUT2D eigenvalue weighted by Crippen LogP contribution is 2.61. The quantitative estimate of drug-likeness (QED) is 0.497. The van der Waals surface area contributed by atoms with Gasteiger partial charge >= 0.3 is 0 Å². The monoisotopic (exact) mass is 145 g/mol.